The number of nitrogen functional groups attached to an aromatic ring is 2. The van der Waals surface area contributed by atoms with Crippen LogP contribution in [0, 0.1) is 5.82 Å². The number of nitrogens with zero attached hydrogens (tertiary/aromatic N) is 1. The molecule has 1 aliphatic heterocycles. The van der Waals surface area contributed by atoms with E-state index >= 15 is 0 Å². The molecule has 1 aromatic heterocycles. The quantitative estimate of drug-likeness (QED) is 0.599. The molecule has 30 heavy (non-hydrogen) atoms. The van der Waals surface area contributed by atoms with Gasteiger partial charge in [0.25, 0.3) is 0 Å². The van der Waals surface area contributed by atoms with Crippen LogP contribution in [0.25, 0.3) is 22.3 Å². The van der Waals surface area contributed by atoms with Crippen molar-refractivity contribution in [3.63, 3.8) is 0 Å². The van der Waals surface area contributed by atoms with E-state index in [2.05, 4.69) is 4.98 Å². The maximum atomic E-state index is 14.4. The Hall–Kier alpha value is -3.36. The predicted octanol–water partition coefficient (Wildman–Crippen LogP) is 3.48. The number of ether oxygens (including phenoxy) is 4. The molecule has 2 heterocycles. The average molecular weight is 411 g/mol. The van der Waals surface area contributed by atoms with Gasteiger partial charge in [0.15, 0.2) is 11.5 Å². The van der Waals surface area contributed by atoms with Crippen molar-refractivity contribution < 1.29 is 23.3 Å². The van der Waals surface area contributed by atoms with Crippen LogP contribution in [-0.2, 0) is 9.47 Å². The molecule has 1 saturated heterocycles. The molecular formula is C22H22FN3O4. The Morgan fingerprint density at radius 3 is 2.67 bits per heavy atom. The zero-order chi connectivity index (χ0) is 21.1. The van der Waals surface area contributed by atoms with Crippen LogP contribution in [0.1, 0.15) is 0 Å². The SMILES string of the molecule is COc1cc(-c2cnc(N)c(-c3ccc(N)cc3F)c2)ccc1OC[C@H]1COCO1. The minimum absolute atomic E-state index is 0.104. The lowest BCUT2D eigenvalue weighted by Gasteiger charge is -2.15. The van der Waals surface area contributed by atoms with Crippen LogP contribution in [0.3, 0.4) is 0 Å². The van der Waals surface area contributed by atoms with Gasteiger partial charge < -0.3 is 30.4 Å². The standard InChI is InChI=1S/C22H22FN3O4/c1-27-21-7-13(2-5-20(21)29-11-16-10-28-12-30-16)14-6-18(22(25)26-9-14)17-4-3-15(24)8-19(17)23/h2-9,16H,10-12,24H2,1H3,(H2,25,26)/t16-/m1/s1. The Labute approximate surface area is 173 Å². The van der Waals surface area contributed by atoms with Crippen molar-refractivity contribution in [3.05, 3.63) is 54.5 Å². The van der Waals surface area contributed by atoms with Crippen LogP contribution in [-0.4, -0.2) is 38.2 Å². The first-order valence-electron chi connectivity index (χ1n) is 9.36. The third-order valence-corrected chi connectivity index (χ3v) is 4.81. The Morgan fingerprint density at radius 2 is 1.93 bits per heavy atom. The first-order chi connectivity index (χ1) is 14.5. The monoisotopic (exact) mass is 411 g/mol. The Morgan fingerprint density at radius 1 is 1.07 bits per heavy atom. The number of nitrogens with two attached hydrogens (primary N) is 2. The topological polar surface area (TPSA) is 102 Å². The molecule has 4 N–H and O–H groups in total. The molecule has 0 radical (unpaired) electrons. The van der Waals surface area contributed by atoms with Gasteiger partial charge in [-0.3, -0.25) is 0 Å². The van der Waals surface area contributed by atoms with Crippen LogP contribution in [0.4, 0.5) is 15.9 Å². The Kier molecular flexibility index (Phi) is 5.69. The van der Waals surface area contributed by atoms with Gasteiger partial charge in [0, 0.05) is 28.6 Å². The van der Waals surface area contributed by atoms with E-state index in [9.17, 15) is 4.39 Å². The number of halogens is 1. The maximum absolute atomic E-state index is 14.4. The Balaban J connectivity index is 1.63. The zero-order valence-corrected chi connectivity index (χ0v) is 16.4. The molecule has 1 aliphatic rings. The number of aromatic nitrogens is 1. The van der Waals surface area contributed by atoms with E-state index in [1.807, 2.05) is 18.2 Å². The summed E-state index contributed by atoms with van der Waals surface area (Å²) in [6.07, 6.45) is 1.53. The van der Waals surface area contributed by atoms with Gasteiger partial charge in [-0.25, -0.2) is 9.37 Å². The molecule has 0 saturated carbocycles. The van der Waals surface area contributed by atoms with Gasteiger partial charge in [0.1, 0.15) is 31.1 Å². The van der Waals surface area contributed by atoms with Gasteiger partial charge in [0.2, 0.25) is 0 Å². The number of pyridine rings is 1. The second kappa shape index (κ2) is 8.56. The number of anilines is 2. The summed E-state index contributed by atoms with van der Waals surface area (Å²) < 4.78 is 36.3. The van der Waals surface area contributed by atoms with Gasteiger partial charge in [-0.1, -0.05) is 6.07 Å². The number of rotatable bonds is 6. The van der Waals surface area contributed by atoms with Crippen molar-refractivity contribution in [2.75, 3.05) is 38.6 Å². The van der Waals surface area contributed by atoms with Crippen molar-refractivity contribution in [2.24, 2.45) is 0 Å². The van der Waals surface area contributed by atoms with Crippen LogP contribution < -0.4 is 20.9 Å². The molecule has 0 amide bonds. The van der Waals surface area contributed by atoms with Crippen LogP contribution in [0.2, 0.25) is 0 Å². The second-order valence-corrected chi connectivity index (χ2v) is 6.85. The highest BCUT2D eigenvalue weighted by Gasteiger charge is 2.18. The lowest BCUT2D eigenvalue weighted by atomic mass is 10.00. The van der Waals surface area contributed by atoms with E-state index in [4.69, 9.17) is 30.4 Å². The van der Waals surface area contributed by atoms with E-state index in [1.54, 1.807) is 31.5 Å². The fraction of sp³-hybridized carbons (Fsp3) is 0.227. The average Bonchev–Trinajstić information content (AvgIpc) is 3.26. The third-order valence-electron chi connectivity index (χ3n) is 4.81. The van der Waals surface area contributed by atoms with Gasteiger partial charge >= 0.3 is 0 Å². The molecule has 1 fully saturated rings. The van der Waals surface area contributed by atoms with E-state index in [1.165, 1.54) is 6.07 Å². The van der Waals surface area contributed by atoms with Gasteiger partial charge in [-0.15, -0.1) is 0 Å². The fourth-order valence-corrected chi connectivity index (χ4v) is 3.22. The molecule has 0 bridgehead atoms. The van der Waals surface area contributed by atoms with Crippen molar-refractivity contribution in [2.45, 2.75) is 6.10 Å². The first-order valence-corrected chi connectivity index (χ1v) is 9.36. The van der Waals surface area contributed by atoms with Gasteiger partial charge in [-0.2, -0.15) is 0 Å². The molecule has 1 atom stereocenters. The summed E-state index contributed by atoms with van der Waals surface area (Å²) in [4.78, 5) is 4.24. The maximum Gasteiger partial charge on any atom is 0.161 e. The summed E-state index contributed by atoms with van der Waals surface area (Å²) in [7, 11) is 1.57. The smallest absolute Gasteiger partial charge is 0.161 e. The van der Waals surface area contributed by atoms with Crippen molar-refractivity contribution >= 4 is 11.5 Å². The Bertz CT molecular complexity index is 1050. The molecule has 7 nitrogen and oxygen atoms in total. The predicted molar refractivity (Wildman–Crippen MR) is 112 cm³/mol. The molecule has 2 aromatic carbocycles. The summed E-state index contributed by atoms with van der Waals surface area (Å²) in [5, 5.41) is 0. The minimum Gasteiger partial charge on any atom is -0.493 e. The van der Waals surface area contributed by atoms with E-state index in [0.29, 0.717) is 41.5 Å². The van der Waals surface area contributed by atoms with Crippen molar-refractivity contribution in [1.82, 2.24) is 4.98 Å². The summed E-state index contributed by atoms with van der Waals surface area (Å²) in [5.41, 5.74) is 14.4. The second-order valence-electron chi connectivity index (χ2n) is 6.85. The van der Waals surface area contributed by atoms with Gasteiger partial charge in [0.05, 0.1) is 13.7 Å². The van der Waals surface area contributed by atoms with E-state index in [0.717, 1.165) is 11.1 Å². The molecule has 0 aliphatic carbocycles. The van der Waals surface area contributed by atoms with E-state index in [-0.39, 0.29) is 18.7 Å². The lowest BCUT2D eigenvalue weighted by molar-refractivity contribution is 0.0317. The summed E-state index contributed by atoms with van der Waals surface area (Å²) in [6, 6.07) is 11.8. The first kappa shape index (κ1) is 19.9. The largest absolute Gasteiger partial charge is 0.493 e. The molecule has 156 valence electrons. The molecular weight excluding hydrogens is 389 g/mol. The van der Waals surface area contributed by atoms with Gasteiger partial charge in [-0.05, 0) is 42.0 Å². The number of hydrogen-bond acceptors (Lipinski definition) is 7. The lowest BCUT2D eigenvalue weighted by Crippen LogP contribution is -2.19. The van der Waals surface area contributed by atoms with Crippen LogP contribution in [0.15, 0.2) is 48.7 Å². The normalized spacial score (nSPS) is 15.9. The van der Waals surface area contributed by atoms with Crippen molar-refractivity contribution in [3.8, 4) is 33.8 Å². The molecule has 4 rings (SSSR count). The third kappa shape index (κ3) is 4.14. The molecule has 0 spiro atoms. The summed E-state index contributed by atoms with van der Waals surface area (Å²) in [5.74, 6) is 0.918. The highest BCUT2D eigenvalue weighted by molar-refractivity contribution is 5.80. The fourth-order valence-electron chi connectivity index (χ4n) is 3.22. The molecule has 0 unspecified atom stereocenters. The van der Waals surface area contributed by atoms with E-state index < -0.39 is 5.82 Å². The minimum atomic E-state index is -0.458. The molecule has 8 heteroatoms. The number of hydrogen-bond donors (Lipinski definition) is 2. The highest BCUT2D eigenvalue weighted by atomic mass is 19.1. The van der Waals surface area contributed by atoms with Crippen LogP contribution in [0.5, 0.6) is 11.5 Å². The number of benzene rings is 2. The highest BCUT2D eigenvalue weighted by Crippen LogP contribution is 2.36. The zero-order valence-electron chi connectivity index (χ0n) is 16.4. The summed E-state index contributed by atoms with van der Waals surface area (Å²) >= 11 is 0. The van der Waals surface area contributed by atoms with Crippen molar-refractivity contribution in [1.29, 1.82) is 0 Å². The summed E-state index contributed by atoms with van der Waals surface area (Å²) in [6.45, 7) is 1.15. The number of methoxy groups -OCH3 is 1. The van der Waals surface area contributed by atoms with Crippen LogP contribution >= 0.6 is 0 Å². The molecule has 3 aromatic rings.